The van der Waals surface area contributed by atoms with E-state index in [1.165, 1.54) is 11.8 Å². The maximum absolute atomic E-state index is 11.9. The van der Waals surface area contributed by atoms with Crippen LogP contribution >= 0.6 is 11.8 Å². The predicted molar refractivity (Wildman–Crippen MR) is 95.1 cm³/mol. The van der Waals surface area contributed by atoms with Gasteiger partial charge in [0.1, 0.15) is 5.75 Å². The number of hydrogen-bond donors (Lipinski definition) is 0. The van der Waals surface area contributed by atoms with E-state index in [1.807, 2.05) is 29.2 Å². The van der Waals surface area contributed by atoms with Gasteiger partial charge in [0.2, 0.25) is 5.91 Å². The number of amidine groups is 1. The molecule has 2 heterocycles. The molecule has 0 bridgehead atoms. The number of ether oxygens (including phenoxy) is 1. The highest BCUT2D eigenvalue weighted by Crippen LogP contribution is 2.39. The Balaban J connectivity index is 1.86. The molecule has 0 aliphatic carbocycles. The van der Waals surface area contributed by atoms with Crippen molar-refractivity contribution in [2.24, 2.45) is 4.99 Å². The maximum atomic E-state index is 11.9. The summed E-state index contributed by atoms with van der Waals surface area (Å²) in [5.74, 6) is 0.868. The molecule has 1 aromatic rings. The summed E-state index contributed by atoms with van der Waals surface area (Å²) in [7, 11) is -1.41. The second-order valence-corrected chi connectivity index (χ2v) is 9.28. The van der Waals surface area contributed by atoms with Crippen molar-refractivity contribution in [2.75, 3.05) is 18.6 Å². The van der Waals surface area contributed by atoms with E-state index in [4.69, 9.17) is 4.74 Å². The van der Waals surface area contributed by atoms with Gasteiger partial charge in [-0.2, -0.15) is 4.99 Å². The first-order valence-electron chi connectivity index (χ1n) is 7.80. The highest BCUT2D eigenvalue weighted by molar-refractivity contribution is 8.15. The number of sulfone groups is 1. The summed E-state index contributed by atoms with van der Waals surface area (Å²) in [5, 5.41) is 0.597. The van der Waals surface area contributed by atoms with Crippen LogP contribution in [0.2, 0.25) is 0 Å². The fraction of sp³-hybridized carbons (Fsp3) is 0.500. The molecule has 2 saturated heterocycles. The number of aliphatic imine (C=N–C) groups is 1. The summed E-state index contributed by atoms with van der Waals surface area (Å²) in [6.07, 6.45) is 0.341. The predicted octanol–water partition coefficient (Wildman–Crippen LogP) is 1.70. The summed E-state index contributed by atoms with van der Waals surface area (Å²) in [4.78, 5) is 17.9. The van der Waals surface area contributed by atoms with Crippen molar-refractivity contribution >= 4 is 32.7 Å². The zero-order valence-electron chi connectivity index (χ0n) is 13.6. The quantitative estimate of drug-likeness (QED) is 0.805. The fourth-order valence-electron chi connectivity index (χ4n) is 2.93. The van der Waals surface area contributed by atoms with Gasteiger partial charge < -0.3 is 9.64 Å². The topological polar surface area (TPSA) is 76.0 Å². The first kappa shape index (κ1) is 17.3. The molecular formula is C16H20N2O4S2. The lowest BCUT2D eigenvalue weighted by Crippen LogP contribution is -2.37. The first-order chi connectivity index (χ1) is 11.4. The van der Waals surface area contributed by atoms with Gasteiger partial charge in [0.15, 0.2) is 15.0 Å². The highest BCUT2D eigenvalue weighted by Gasteiger charge is 2.48. The Morgan fingerprint density at radius 2 is 2.04 bits per heavy atom. The lowest BCUT2D eigenvalue weighted by Gasteiger charge is -2.24. The van der Waals surface area contributed by atoms with Crippen LogP contribution in [0.5, 0.6) is 5.75 Å². The number of carbonyl (C=O) groups excluding carboxylic acids is 1. The Hall–Kier alpha value is -1.54. The van der Waals surface area contributed by atoms with Crippen LogP contribution in [0.3, 0.4) is 0 Å². The Morgan fingerprint density at radius 1 is 1.33 bits per heavy atom. The molecule has 1 amide bonds. The van der Waals surface area contributed by atoms with Crippen LogP contribution in [0.25, 0.3) is 0 Å². The third kappa shape index (κ3) is 3.59. The van der Waals surface area contributed by atoms with E-state index in [0.717, 1.165) is 11.3 Å². The summed E-state index contributed by atoms with van der Waals surface area (Å²) < 4.78 is 29.1. The monoisotopic (exact) mass is 368 g/mol. The molecule has 0 radical (unpaired) electrons. The number of nitrogens with zero attached hydrogens (tertiary/aromatic N) is 2. The van der Waals surface area contributed by atoms with E-state index in [9.17, 15) is 13.2 Å². The van der Waals surface area contributed by atoms with Gasteiger partial charge in [-0.3, -0.25) is 4.79 Å². The zero-order valence-corrected chi connectivity index (χ0v) is 15.3. The van der Waals surface area contributed by atoms with Crippen molar-refractivity contribution in [3.63, 3.8) is 0 Å². The van der Waals surface area contributed by atoms with Crippen molar-refractivity contribution in [1.82, 2.24) is 4.90 Å². The molecule has 8 heteroatoms. The smallest absolute Gasteiger partial charge is 0.247 e. The van der Waals surface area contributed by atoms with Crippen molar-refractivity contribution in [2.45, 2.75) is 31.2 Å². The molecule has 1 aromatic carbocycles. The third-order valence-electron chi connectivity index (χ3n) is 4.21. The van der Waals surface area contributed by atoms with Crippen LogP contribution in [0, 0.1) is 0 Å². The van der Waals surface area contributed by atoms with E-state index in [1.54, 1.807) is 14.0 Å². The zero-order chi connectivity index (χ0) is 17.3. The second kappa shape index (κ2) is 6.76. The molecule has 3 rings (SSSR count). The van der Waals surface area contributed by atoms with E-state index in [2.05, 4.69) is 4.99 Å². The highest BCUT2D eigenvalue weighted by atomic mass is 32.2. The van der Waals surface area contributed by atoms with Gasteiger partial charge in [-0.15, -0.1) is 0 Å². The molecule has 2 fully saturated rings. The van der Waals surface area contributed by atoms with Crippen LogP contribution in [0.15, 0.2) is 29.3 Å². The van der Waals surface area contributed by atoms with Crippen LogP contribution in [-0.2, 0) is 21.2 Å². The van der Waals surface area contributed by atoms with E-state index >= 15 is 0 Å². The second-order valence-electron chi connectivity index (χ2n) is 5.92. The molecular weight excluding hydrogens is 348 g/mol. The van der Waals surface area contributed by atoms with Crippen LogP contribution in [0.4, 0.5) is 0 Å². The minimum atomic E-state index is -3.02. The van der Waals surface area contributed by atoms with Crippen LogP contribution in [0.1, 0.15) is 18.9 Å². The number of methoxy groups -OCH3 is 1. The molecule has 2 atom stereocenters. The normalized spacial score (nSPS) is 26.6. The number of amides is 1. The minimum absolute atomic E-state index is 0.0448. The third-order valence-corrected chi connectivity index (χ3v) is 7.46. The minimum Gasteiger partial charge on any atom is -0.497 e. The lowest BCUT2D eigenvalue weighted by molar-refractivity contribution is -0.117. The van der Waals surface area contributed by atoms with Gasteiger partial charge in [0.05, 0.1) is 24.7 Å². The largest absolute Gasteiger partial charge is 0.497 e. The number of benzene rings is 1. The van der Waals surface area contributed by atoms with E-state index < -0.39 is 9.84 Å². The molecule has 0 unspecified atom stereocenters. The standard InChI is InChI=1S/C16H20N2O4S2/c1-3-15(19)17-16-18(8-11-4-6-12(22-2)7-5-11)13-9-24(20,21)10-14(13)23-16/h4-7,13-14H,3,8-10H2,1-2H3/t13-,14-/m0/s1. The molecule has 24 heavy (non-hydrogen) atoms. The average molecular weight is 368 g/mol. The molecule has 2 aliphatic rings. The van der Waals surface area contributed by atoms with Gasteiger partial charge in [0, 0.05) is 18.2 Å². The Labute approximate surface area is 146 Å². The van der Waals surface area contributed by atoms with E-state index in [0.29, 0.717) is 18.1 Å². The molecule has 0 saturated carbocycles. The number of rotatable bonds is 4. The number of carbonyl (C=O) groups is 1. The maximum Gasteiger partial charge on any atom is 0.247 e. The van der Waals surface area contributed by atoms with Crippen molar-refractivity contribution in [1.29, 1.82) is 0 Å². The van der Waals surface area contributed by atoms with E-state index in [-0.39, 0.29) is 28.7 Å². The van der Waals surface area contributed by atoms with Gasteiger partial charge >= 0.3 is 0 Å². The number of hydrogen-bond acceptors (Lipinski definition) is 5. The summed E-state index contributed by atoms with van der Waals surface area (Å²) in [6, 6.07) is 7.51. The Morgan fingerprint density at radius 3 is 2.67 bits per heavy atom. The molecule has 130 valence electrons. The molecule has 0 N–H and O–H groups in total. The van der Waals surface area contributed by atoms with Crippen molar-refractivity contribution in [3.8, 4) is 5.75 Å². The average Bonchev–Trinajstić information content (AvgIpc) is 3.01. The molecule has 0 spiro atoms. The fourth-order valence-corrected chi connectivity index (χ4v) is 6.90. The van der Waals surface area contributed by atoms with Crippen molar-refractivity contribution in [3.05, 3.63) is 29.8 Å². The van der Waals surface area contributed by atoms with Gasteiger partial charge in [0.25, 0.3) is 0 Å². The summed E-state index contributed by atoms with van der Waals surface area (Å²) >= 11 is 1.41. The summed E-state index contributed by atoms with van der Waals surface area (Å²) in [5.41, 5.74) is 1.03. The Kier molecular flexibility index (Phi) is 4.87. The van der Waals surface area contributed by atoms with Gasteiger partial charge in [-0.1, -0.05) is 30.8 Å². The molecule has 0 aromatic heterocycles. The first-order valence-corrected chi connectivity index (χ1v) is 10.5. The van der Waals surface area contributed by atoms with Crippen molar-refractivity contribution < 1.29 is 17.9 Å². The molecule has 2 aliphatic heterocycles. The molecule has 6 nitrogen and oxygen atoms in total. The van der Waals surface area contributed by atoms with Crippen LogP contribution < -0.4 is 4.74 Å². The number of fused-ring (bicyclic) bond motifs is 1. The van der Waals surface area contributed by atoms with Crippen LogP contribution in [-0.4, -0.2) is 54.3 Å². The SMILES string of the molecule is CCC(=O)N=C1S[C@H]2CS(=O)(=O)C[C@@H]2N1Cc1ccc(OC)cc1. The van der Waals surface area contributed by atoms with Gasteiger partial charge in [-0.25, -0.2) is 8.42 Å². The lowest BCUT2D eigenvalue weighted by atomic mass is 10.1. The van der Waals surface area contributed by atoms with Gasteiger partial charge in [-0.05, 0) is 17.7 Å². The summed E-state index contributed by atoms with van der Waals surface area (Å²) in [6.45, 7) is 2.30. The number of thioether (sulfide) groups is 1. The Bertz CT molecular complexity index is 759.